The van der Waals surface area contributed by atoms with Crippen molar-refractivity contribution in [1.82, 2.24) is 4.90 Å². The minimum atomic E-state index is -3.92. The molecule has 1 aliphatic rings. The molecule has 178 valence electrons. The lowest BCUT2D eigenvalue weighted by Gasteiger charge is -2.27. The monoisotopic (exact) mass is 473 g/mol. The number of benzene rings is 2. The van der Waals surface area contributed by atoms with Crippen molar-refractivity contribution >= 4 is 19.5 Å². The lowest BCUT2D eigenvalue weighted by molar-refractivity contribution is -0.156. The van der Waals surface area contributed by atoms with Crippen LogP contribution in [0.5, 0.6) is 0 Å². The van der Waals surface area contributed by atoms with Crippen molar-refractivity contribution < 1.29 is 28.3 Å². The van der Waals surface area contributed by atoms with E-state index in [0.717, 1.165) is 18.4 Å². The molecule has 3 rings (SSSR count). The van der Waals surface area contributed by atoms with E-state index < -0.39 is 31.6 Å². The predicted octanol–water partition coefficient (Wildman–Crippen LogP) is 4.33. The van der Waals surface area contributed by atoms with Gasteiger partial charge in [-0.1, -0.05) is 60.7 Å². The lowest BCUT2D eigenvalue weighted by Crippen LogP contribution is -2.45. The molecule has 0 aromatic heterocycles. The van der Waals surface area contributed by atoms with Crippen molar-refractivity contribution in [2.24, 2.45) is 0 Å². The van der Waals surface area contributed by atoms with Gasteiger partial charge in [-0.15, -0.1) is 0 Å². The van der Waals surface area contributed by atoms with Crippen LogP contribution >= 0.6 is 7.60 Å². The molecule has 1 N–H and O–H groups in total. The fourth-order valence-electron chi connectivity index (χ4n) is 3.96. The molecule has 1 fully saturated rings. The highest BCUT2D eigenvalue weighted by Gasteiger charge is 2.39. The molecule has 0 aliphatic carbocycles. The summed E-state index contributed by atoms with van der Waals surface area (Å²) in [6, 6.07) is 18.6. The summed E-state index contributed by atoms with van der Waals surface area (Å²) < 4.78 is 23.2. The maximum Gasteiger partial charge on any atom is 0.329 e. The summed E-state index contributed by atoms with van der Waals surface area (Å²) in [7, 11) is -3.92. The molecule has 8 heteroatoms. The van der Waals surface area contributed by atoms with Crippen LogP contribution in [0.1, 0.15) is 43.7 Å². The Morgan fingerprint density at radius 2 is 1.70 bits per heavy atom. The van der Waals surface area contributed by atoms with E-state index in [0.29, 0.717) is 25.8 Å². The molecule has 0 bridgehead atoms. The van der Waals surface area contributed by atoms with Gasteiger partial charge in [0.2, 0.25) is 0 Å². The van der Waals surface area contributed by atoms with E-state index in [2.05, 4.69) is 0 Å². The summed E-state index contributed by atoms with van der Waals surface area (Å²) >= 11 is 0. The van der Waals surface area contributed by atoms with Gasteiger partial charge in [0.1, 0.15) is 18.8 Å². The number of nitrogens with zero attached hydrogens (tertiary/aromatic N) is 1. The summed E-state index contributed by atoms with van der Waals surface area (Å²) in [6.45, 7) is 1.99. The minimum absolute atomic E-state index is 0.0139. The van der Waals surface area contributed by atoms with Crippen LogP contribution < -0.4 is 0 Å². The smallest absolute Gasteiger partial charge is 0.329 e. The van der Waals surface area contributed by atoms with Crippen molar-refractivity contribution in [3.05, 3.63) is 71.8 Å². The van der Waals surface area contributed by atoms with Crippen LogP contribution in [-0.4, -0.2) is 46.5 Å². The summed E-state index contributed by atoms with van der Waals surface area (Å²) in [5.74, 6) is -0.933. The normalized spacial score (nSPS) is 18.5. The summed E-state index contributed by atoms with van der Waals surface area (Å²) in [6.07, 6.45) is 2.12. The standard InChI is InChI=1S/C25H32NO6P/c1-20(32-33(29,30)18-9-8-13-21-11-4-2-5-12-21)24(27)26-17-10-16-23(26)25(28)31-19-22-14-6-3-7-15-22/h2-7,11-12,14-15,20,23H,8-10,13,16-19H2,1H3,(H,29,30)/t20?,23-/m0/s1. The molecule has 1 saturated heterocycles. The molecule has 2 aromatic rings. The summed E-state index contributed by atoms with van der Waals surface area (Å²) in [5.41, 5.74) is 2.04. The van der Waals surface area contributed by atoms with Crippen molar-refractivity contribution in [3.8, 4) is 0 Å². The number of hydrogen-bond acceptors (Lipinski definition) is 5. The number of esters is 1. The highest BCUT2D eigenvalue weighted by Crippen LogP contribution is 2.44. The first-order valence-corrected chi connectivity index (χ1v) is 13.2. The zero-order valence-electron chi connectivity index (χ0n) is 19.0. The third-order valence-corrected chi connectivity index (χ3v) is 7.23. The number of ether oxygens (including phenoxy) is 1. The first-order valence-electron chi connectivity index (χ1n) is 11.4. The van der Waals surface area contributed by atoms with Gasteiger partial charge in [-0.2, -0.15) is 0 Å². The van der Waals surface area contributed by atoms with E-state index in [1.807, 2.05) is 60.7 Å². The van der Waals surface area contributed by atoms with Gasteiger partial charge in [0.15, 0.2) is 0 Å². The van der Waals surface area contributed by atoms with Crippen molar-refractivity contribution in [2.75, 3.05) is 12.7 Å². The van der Waals surface area contributed by atoms with Gasteiger partial charge < -0.3 is 14.5 Å². The van der Waals surface area contributed by atoms with Gasteiger partial charge in [-0.05, 0) is 50.2 Å². The highest BCUT2D eigenvalue weighted by atomic mass is 31.2. The summed E-state index contributed by atoms with van der Waals surface area (Å²) in [4.78, 5) is 37.1. The van der Waals surface area contributed by atoms with Gasteiger partial charge >= 0.3 is 13.6 Å². The Bertz CT molecular complexity index is 952. The maximum absolute atomic E-state index is 12.9. The van der Waals surface area contributed by atoms with Crippen LogP contribution in [0, 0.1) is 0 Å². The molecule has 0 saturated carbocycles. The predicted molar refractivity (Wildman–Crippen MR) is 126 cm³/mol. The van der Waals surface area contributed by atoms with Crippen LogP contribution in [0.2, 0.25) is 0 Å². The Kier molecular flexibility index (Phi) is 9.24. The van der Waals surface area contributed by atoms with E-state index in [4.69, 9.17) is 9.26 Å². The third-order valence-electron chi connectivity index (χ3n) is 5.70. The Labute approximate surface area is 195 Å². The SMILES string of the molecule is CC(OP(=O)(O)CCCCc1ccccc1)C(=O)N1CCC[C@H]1C(=O)OCc1ccccc1. The Morgan fingerprint density at radius 1 is 1.06 bits per heavy atom. The maximum atomic E-state index is 12.9. The number of rotatable bonds is 11. The minimum Gasteiger partial charge on any atom is -0.459 e. The van der Waals surface area contributed by atoms with Gasteiger partial charge in [-0.3, -0.25) is 13.9 Å². The third kappa shape index (κ3) is 7.81. The largest absolute Gasteiger partial charge is 0.459 e. The molecular weight excluding hydrogens is 441 g/mol. The quantitative estimate of drug-likeness (QED) is 0.297. The number of amides is 1. The van der Waals surface area contributed by atoms with Crippen molar-refractivity contribution in [2.45, 2.75) is 57.8 Å². The molecule has 0 spiro atoms. The van der Waals surface area contributed by atoms with Crippen LogP contribution in [0.25, 0.3) is 0 Å². The number of carbonyl (C=O) groups excluding carboxylic acids is 2. The van der Waals surface area contributed by atoms with E-state index in [9.17, 15) is 19.0 Å². The second-order valence-electron chi connectivity index (χ2n) is 8.33. The number of aryl methyl sites for hydroxylation is 1. The van der Waals surface area contributed by atoms with Gasteiger partial charge in [-0.25, -0.2) is 4.79 Å². The molecule has 3 atom stereocenters. The summed E-state index contributed by atoms with van der Waals surface area (Å²) in [5, 5.41) is 0. The van der Waals surface area contributed by atoms with E-state index in [1.165, 1.54) is 17.4 Å². The van der Waals surface area contributed by atoms with Crippen molar-refractivity contribution in [1.29, 1.82) is 0 Å². The van der Waals surface area contributed by atoms with E-state index in [-0.39, 0.29) is 12.8 Å². The van der Waals surface area contributed by atoms with Crippen LogP contribution in [-0.2, 0) is 36.4 Å². The Balaban J connectivity index is 1.45. The van der Waals surface area contributed by atoms with Gasteiger partial charge in [0.25, 0.3) is 5.91 Å². The average Bonchev–Trinajstić information content (AvgIpc) is 3.31. The number of carbonyl (C=O) groups is 2. The van der Waals surface area contributed by atoms with Gasteiger partial charge in [0, 0.05) is 6.54 Å². The molecule has 1 heterocycles. The Morgan fingerprint density at radius 3 is 2.36 bits per heavy atom. The highest BCUT2D eigenvalue weighted by molar-refractivity contribution is 7.52. The fraction of sp³-hybridized carbons (Fsp3) is 0.440. The molecule has 1 amide bonds. The second kappa shape index (κ2) is 12.1. The first-order chi connectivity index (χ1) is 15.9. The molecule has 0 radical (unpaired) electrons. The molecular formula is C25H32NO6P. The van der Waals surface area contributed by atoms with E-state index >= 15 is 0 Å². The number of hydrogen-bond donors (Lipinski definition) is 1. The second-order valence-corrected chi connectivity index (χ2v) is 10.3. The topological polar surface area (TPSA) is 93.1 Å². The van der Waals surface area contributed by atoms with Crippen LogP contribution in [0.4, 0.5) is 0 Å². The van der Waals surface area contributed by atoms with Crippen LogP contribution in [0.3, 0.4) is 0 Å². The lowest BCUT2D eigenvalue weighted by atomic mass is 10.1. The number of likely N-dealkylation sites (tertiary alicyclic amines) is 1. The zero-order valence-corrected chi connectivity index (χ0v) is 19.9. The Hall–Kier alpha value is -2.47. The molecule has 2 aromatic carbocycles. The molecule has 2 unspecified atom stereocenters. The van der Waals surface area contributed by atoms with Gasteiger partial charge in [0.05, 0.1) is 6.16 Å². The molecule has 1 aliphatic heterocycles. The molecule has 7 nitrogen and oxygen atoms in total. The van der Waals surface area contributed by atoms with Crippen molar-refractivity contribution in [3.63, 3.8) is 0 Å². The average molecular weight is 474 g/mol. The fourth-order valence-corrected chi connectivity index (χ4v) is 5.28. The number of unbranched alkanes of at least 4 members (excludes halogenated alkanes) is 1. The molecule has 33 heavy (non-hydrogen) atoms. The van der Waals surface area contributed by atoms with Crippen LogP contribution in [0.15, 0.2) is 60.7 Å². The first kappa shape index (κ1) is 25.2. The van der Waals surface area contributed by atoms with E-state index in [1.54, 1.807) is 0 Å². The zero-order chi connectivity index (χ0) is 23.7.